The Morgan fingerprint density at radius 3 is 2.00 bits per heavy atom. The van der Waals surface area contributed by atoms with E-state index in [1.165, 1.54) is 18.0 Å². The molecule has 0 radical (unpaired) electrons. The fraction of sp³-hybridized carbons (Fsp3) is 0.431. The molecule has 83 heavy (non-hydrogen) atoms. The lowest BCUT2D eigenvalue weighted by molar-refractivity contribution is -0.141. The Morgan fingerprint density at radius 2 is 1.36 bits per heavy atom. The van der Waals surface area contributed by atoms with Crippen LogP contribution in [0.1, 0.15) is 130 Å². The first-order valence-electron chi connectivity index (χ1n) is 28.2. The molecule has 1 aliphatic heterocycles. The smallest absolute Gasteiger partial charge is 0.411 e. The molecule has 0 saturated heterocycles. The van der Waals surface area contributed by atoms with Gasteiger partial charge < -0.3 is 40.9 Å². The number of aliphatic carboxylic acids is 1. The number of para-hydroxylation sites is 1. The van der Waals surface area contributed by atoms with Crippen molar-refractivity contribution >= 4 is 82.9 Å². The Kier molecular flexibility index (Phi) is 23.3. The van der Waals surface area contributed by atoms with Crippen molar-refractivity contribution in [3.63, 3.8) is 0 Å². The summed E-state index contributed by atoms with van der Waals surface area (Å²) in [6, 6.07) is 26.0. The van der Waals surface area contributed by atoms with Crippen molar-refractivity contribution in [1.82, 2.24) is 20.9 Å². The Bertz CT molecular complexity index is 3070. The number of aliphatic imine (C=N–C) groups is 1. The van der Waals surface area contributed by atoms with Gasteiger partial charge in [-0.1, -0.05) is 147 Å². The second kappa shape index (κ2) is 29.5. The summed E-state index contributed by atoms with van der Waals surface area (Å²) in [6.45, 7) is 20.0. The van der Waals surface area contributed by atoms with E-state index in [0.717, 1.165) is 22.4 Å². The zero-order chi connectivity index (χ0) is 61.3. The first-order valence-corrected chi connectivity index (χ1v) is 28.2. The highest BCUT2D eigenvalue weighted by Gasteiger charge is 2.42. The number of carboxylic acids is 1. The standard InChI is InChI=1S/C65H84N8O10/c1-40(2)53(35-42(5)62(80)81)72(13)61(79)57(64(7,8)9)71-59(77)51(37-66-12)65(10,11)48-24-20-25-50(36-48)69-63(82)83-39-44-29-33-49(34-30-44)68-58(76)43(6)67-60(78)56(41(3)4)70-54(74)27-18-19-28-55(75)73-38-47-23-15-14-21-45(47)31-32-46-22-16-17-26-52(46)73/h14-17,20-26,29-37,40-41,43,51,53,56-57H,18-19,27-28,38-39H2,1-13H3,(H,67,78)(H,68,76)(H,69,82)(H,70,74)(H,71,77)(H,80,81)/b32-31-,42-35+,66-37+/t43-,51-,53+,56-,57+/m0/s1. The zero-order valence-corrected chi connectivity index (χ0v) is 50.3. The van der Waals surface area contributed by atoms with Crippen LogP contribution in [0.25, 0.3) is 12.2 Å². The number of benzene rings is 4. The lowest BCUT2D eigenvalue weighted by Crippen LogP contribution is -2.58. The minimum Gasteiger partial charge on any atom is -0.478 e. The van der Waals surface area contributed by atoms with E-state index in [2.05, 4.69) is 37.7 Å². The van der Waals surface area contributed by atoms with Crippen molar-refractivity contribution in [3.8, 4) is 0 Å². The Hall–Kier alpha value is -8.41. The van der Waals surface area contributed by atoms with Gasteiger partial charge in [0.2, 0.25) is 35.4 Å². The lowest BCUT2D eigenvalue weighted by atomic mass is 9.72. The van der Waals surface area contributed by atoms with Gasteiger partial charge >= 0.3 is 12.1 Å². The molecule has 0 fully saturated rings. The molecular formula is C65H84N8O10. The van der Waals surface area contributed by atoms with Crippen molar-refractivity contribution in [2.75, 3.05) is 29.6 Å². The van der Waals surface area contributed by atoms with E-state index >= 15 is 0 Å². The Morgan fingerprint density at radius 1 is 0.723 bits per heavy atom. The summed E-state index contributed by atoms with van der Waals surface area (Å²) in [4.78, 5) is 114. The van der Waals surface area contributed by atoms with E-state index in [4.69, 9.17) is 4.74 Å². The predicted octanol–water partition coefficient (Wildman–Crippen LogP) is 9.94. The van der Waals surface area contributed by atoms with Gasteiger partial charge in [-0.2, -0.15) is 0 Å². The molecule has 0 saturated carbocycles. The predicted molar refractivity (Wildman–Crippen MR) is 326 cm³/mol. The molecule has 0 aliphatic carbocycles. The van der Waals surface area contributed by atoms with Crippen LogP contribution in [0.5, 0.6) is 0 Å². The number of hydrogen-bond acceptors (Lipinski definition) is 10. The first kappa shape index (κ1) is 65.4. The van der Waals surface area contributed by atoms with Crippen LogP contribution in [0.4, 0.5) is 21.9 Å². The van der Waals surface area contributed by atoms with Crippen molar-refractivity contribution in [2.24, 2.45) is 28.2 Å². The third-order valence-electron chi connectivity index (χ3n) is 14.9. The average molecular weight is 1140 g/mol. The number of carbonyl (C=O) groups excluding carboxylic acids is 7. The molecule has 1 aliphatic rings. The van der Waals surface area contributed by atoms with Gasteiger partial charge in [0.05, 0.1) is 24.2 Å². The van der Waals surface area contributed by atoms with Gasteiger partial charge in [0.15, 0.2) is 0 Å². The highest BCUT2D eigenvalue weighted by molar-refractivity contribution is 6.00. The maximum Gasteiger partial charge on any atom is 0.411 e. The van der Waals surface area contributed by atoms with Crippen LogP contribution in [0.15, 0.2) is 114 Å². The summed E-state index contributed by atoms with van der Waals surface area (Å²) in [5, 5.41) is 23.6. The fourth-order valence-corrected chi connectivity index (χ4v) is 9.67. The summed E-state index contributed by atoms with van der Waals surface area (Å²) >= 11 is 0. The average Bonchev–Trinajstić information content (AvgIpc) is 3.27. The normalized spacial score (nSPS) is 14.8. The van der Waals surface area contributed by atoms with E-state index in [-0.39, 0.29) is 54.6 Å². The second-order valence-corrected chi connectivity index (χ2v) is 23.5. The van der Waals surface area contributed by atoms with Crippen LogP contribution >= 0.6 is 0 Å². The molecule has 0 spiro atoms. The Labute approximate surface area is 489 Å². The van der Waals surface area contributed by atoms with E-state index < -0.39 is 70.7 Å². The van der Waals surface area contributed by atoms with Gasteiger partial charge in [-0.15, -0.1) is 0 Å². The Balaban J connectivity index is 1.09. The molecule has 6 N–H and O–H groups in total. The van der Waals surface area contributed by atoms with Gasteiger partial charge in [0.1, 0.15) is 24.7 Å². The summed E-state index contributed by atoms with van der Waals surface area (Å²) < 4.78 is 5.54. The molecular weight excluding hydrogens is 1050 g/mol. The summed E-state index contributed by atoms with van der Waals surface area (Å²) in [5.74, 6) is -4.58. The van der Waals surface area contributed by atoms with Gasteiger partial charge in [-0.25, -0.2) is 9.59 Å². The van der Waals surface area contributed by atoms with Crippen LogP contribution in [-0.4, -0.2) is 102 Å². The molecule has 444 valence electrons. The molecule has 5 rings (SSSR count). The number of ether oxygens (including phenoxy) is 1. The molecule has 0 unspecified atom stereocenters. The van der Waals surface area contributed by atoms with E-state index in [1.807, 2.05) is 109 Å². The number of likely N-dealkylation sites (N-methyl/N-ethyl adjacent to an activating group) is 1. The minimum absolute atomic E-state index is 0.0442. The number of amides is 7. The number of fused-ring (bicyclic) bond motifs is 2. The van der Waals surface area contributed by atoms with Crippen molar-refractivity contribution in [2.45, 2.75) is 145 Å². The van der Waals surface area contributed by atoms with E-state index in [1.54, 1.807) is 88.3 Å². The van der Waals surface area contributed by atoms with Crippen LogP contribution in [0.2, 0.25) is 0 Å². The monoisotopic (exact) mass is 1140 g/mol. The molecule has 5 atom stereocenters. The van der Waals surface area contributed by atoms with Crippen LogP contribution in [0.3, 0.4) is 0 Å². The van der Waals surface area contributed by atoms with Gasteiger partial charge in [0.25, 0.3) is 0 Å². The number of carboxylic acid groups (broad SMARTS) is 1. The molecule has 7 amide bonds. The van der Waals surface area contributed by atoms with Crippen molar-refractivity contribution in [3.05, 3.63) is 137 Å². The third-order valence-corrected chi connectivity index (χ3v) is 14.9. The maximum atomic E-state index is 14.3. The highest BCUT2D eigenvalue weighted by atomic mass is 16.5. The van der Waals surface area contributed by atoms with Crippen LogP contribution in [0, 0.1) is 23.2 Å². The fourth-order valence-electron chi connectivity index (χ4n) is 9.67. The maximum absolute atomic E-state index is 14.3. The SMILES string of the molecule is C/N=C/[C@@H](C(=O)N[C@H](C(=O)N(C)[C@H](/C=C(\C)C(=O)O)C(C)C)C(C)(C)C)C(C)(C)c1cccc(NC(=O)OCc2ccc(NC(=O)[C@H](C)NC(=O)[C@@H](NC(=O)CCCCC(=O)N3Cc4ccccc4/C=C\c4ccccc43)C(C)C)cc2)c1. The number of carbonyl (C=O) groups is 8. The lowest BCUT2D eigenvalue weighted by Gasteiger charge is -2.39. The summed E-state index contributed by atoms with van der Waals surface area (Å²) in [5.41, 5.74) is 4.46. The number of nitrogens with zero attached hydrogens (tertiary/aromatic N) is 3. The van der Waals surface area contributed by atoms with Crippen molar-refractivity contribution < 1.29 is 48.2 Å². The third kappa shape index (κ3) is 18.3. The molecule has 1 heterocycles. The first-order chi connectivity index (χ1) is 39.1. The molecule has 18 heteroatoms. The quantitative estimate of drug-likeness (QED) is 0.0220. The molecule has 0 bridgehead atoms. The minimum atomic E-state index is -1.09. The molecule has 4 aromatic carbocycles. The summed E-state index contributed by atoms with van der Waals surface area (Å²) in [7, 11) is 3.16. The van der Waals surface area contributed by atoms with Gasteiger partial charge in [-0.05, 0) is 102 Å². The summed E-state index contributed by atoms with van der Waals surface area (Å²) in [6.07, 6.45) is 7.69. The topological polar surface area (TPSA) is 245 Å². The molecule has 0 aromatic heterocycles. The van der Waals surface area contributed by atoms with Crippen LogP contribution < -0.4 is 31.5 Å². The number of unbranched alkanes of at least 4 members (excludes halogenated alkanes) is 1. The zero-order valence-electron chi connectivity index (χ0n) is 50.3. The van der Waals surface area contributed by atoms with Gasteiger partial charge in [0, 0.05) is 55.5 Å². The van der Waals surface area contributed by atoms with E-state index in [9.17, 15) is 43.5 Å². The number of hydrogen-bond donors (Lipinski definition) is 6. The number of rotatable bonds is 24. The van der Waals surface area contributed by atoms with Crippen molar-refractivity contribution in [1.29, 1.82) is 0 Å². The number of anilines is 3. The largest absolute Gasteiger partial charge is 0.478 e. The molecule has 4 aromatic rings. The highest BCUT2D eigenvalue weighted by Crippen LogP contribution is 2.35. The molecule has 18 nitrogen and oxygen atoms in total. The van der Waals surface area contributed by atoms with Gasteiger partial charge in [-0.3, -0.25) is 39.1 Å². The number of nitrogens with one attached hydrogen (secondary N) is 5. The van der Waals surface area contributed by atoms with Crippen LogP contribution in [-0.2, 0) is 56.9 Å². The second-order valence-electron chi connectivity index (χ2n) is 23.5. The van der Waals surface area contributed by atoms with E-state index in [0.29, 0.717) is 41.9 Å².